The number of nitrogens with one attached hydrogen (secondary N) is 2. The molecule has 1 fully saturated rings. The fourth-order valence-electron chi connectivity index (χ4n) is 2.83. The van der Waals surface area contributed by atoms with Crippen molar-refractivity contribution in [3.8, 4) is 17.2 Å². The molecule has 0 atom stereocenters. The van der Waals surface area contributed by atoms with E-state index in [0.717, 1.165) is 0 Å². The van der Waals surface area contributed by atoms with Gasteiger partial charge < -0.3 is 24.8 Å². The van der Waals surface area contributed by atoms with Gasteiger partial charge in [-0.3, -0.25) is 9.59 Å². The van der Waals surface area contributed by atoms with Crippen LogP contribution < -0.4 is 24.8 Å². The Labute approximate surface area is 157 Å². The summed E-state index contributed by atoms with van der Waals surface area (Å²) in [5.41, 5.74) is -0.115. The number of para-hydroxylation sites is 2. The summed E-state index contributed by atoms with van der Waals surface area (Å²) < 4.78 is 15.7. The number of hydrogen-bond donors (Lipinski definition) is 2. The van der Waals surface area contributed by atoms with Crippen molar-refractivity contribution in [3.05, 3.63) is 42.5 Å². The number of amides is 2. The lowest BCUT2D eigenvalue weighted by molar-refractivity contribution is -0.131. The summed E-state index contributed by atoms with van der Waals surface area (Å²) >= 11 is 0. The van der Waals surface area contributed by atoms with Crippen LogP contribution in [-0.4, -0.2) is 33.1 Å². The highest BCUT2D eigenvalue weighted by Gasteiger charge is 2.56. The molecule has 2 aromatic carbocycles. The molecule has 1 aliphatic carbocycles. The standard InChI is InChI=1S/C20H22N2O5/c1-25-13-8-9-17(27-3)15(12-13)22-19(24)20(10-11-20)18(23)21-14-6-4-5-7-16(14)26-2/h4-9,12H,10-11H2,1-3H3,(H,21,23)(H,22,24). The van der Waals surface area contributed by atoms with Gasteiger partial charge in [-0.05, 0) is 37.1 Å². The van der Waals surface area contributed by atoms with Crippen LogP contribution in [0.3, 0.4) is 0 Å². The first-order chi connectivity index (χ1) is 13.0. The zero-order valence-corrected chi connectivity index (χ0v) is 15.5. The molecule has 27 heavy (non-hydrogen) atoms. The Balaban J connectivity index is 1.77. The Morgan fingerprint density at radius 2 is 1.41 bits per heavy atom. The number of rotatable bonds is 7. The van der Waals surface area contributed by atoms with Crippen LogP contribution in [0.15, 0.2) is 42.5 Å². The molecule has 2 amide bonds. The van der Waals surface area contributed by atoms with Gasteiger partial charge in [0.05, 0.1) is 32.7 Å². The van der Waals surface area contributed by atoms with Crippen LogP contribution in [0.1, 0.15) is 12.8 Å². The number of hydrogen-bond acceptors (Lipinski definition) is 5. The SMILES string of the molecule is COc1ccc(OC)c(NC(=O)C2(C(=O)Nc3ccccc3OC)CC2)c1. The van der Waals surface area contributed by atoms with Crippen molar-refractivity contribution in [2.75, 3.05) is 32.0 Å². The zero-order valence-electron chi connectivity index (χ0n) is 15.5. The topological polar surface area (TPSA) is 85.9 Å². The highest BCUT2D eigenvalue weighted by molar-refractivity contribution is 6.17. The van der Waals surface area contributed by atoms with E-state index in [2.05, 4.69) is 10.6 Å². The number of anilines is 2. The molecule has 0 saturated heterocycles. The summed E-state index contributed by atoms with van der Waals surface area (Å²) in [5, 5.41) is 5.60. The molecule has 0 aromatic heterocycles. The third kappa shape index (κ3) is 3.67. The van der Waals surface area contributed by atoms with Crippen molar-refractivity contribution < 1.29 is 23.8 Å². The van der Waals surface area contributed by atoms with E-state index in [1.807, 2.05) is 6.07 Å². The van der Waals surface area contributed by atoms with Gasteiger partial charge in [0.25, 0.3) is 0 Å². The lowest BCUT2D eigenvalue weighted by atomic mass is 10.0. The molecule has 7 heteroatoms. The second kappa shape index (κ2) is 7.57. The van der Waals surface area contributed by atoms with Gasteiger partial charge in [0, 0.05) is 6.07 Å². The predicted octanol–water partition coefficient (Wildman–Crippen LogP) is 3.07. The first-order valence-corrected chi connectivity index (χ1v) is 8.52. The second-order valence-electron chi connectivity index (χ2n) is 6.26. The lowest BCUT2D eigenvalue weighted by Crippen LogP contribution is -2.35. The molecule has 0 bridgehead atoms. The van der Waals surface area contributed by atoms with Crippen LogP contribution in [0.2, 0.25) is 0 Å². The van der Waals surface area contributed by atoms with Gasteiger partial charge in [0.15, 0.2) is 0 Å². The minimum absolute atomic E-state index is 0.355. The summed E-state index contributed by atoms with van der Waals surface area (Å²) in [6.45, 7) is 0. The van der Waals surface area contributed by atoms with Crippen LogP contribution >= 0.6 is 0 Å². The van der Waals surface area contributed by atoms with Crippen molar-refractivity contribution in [2.24, 2.45) is 5.41 Å². The summed E-state index contributed by atoms with van der Waals surface area (Å²) in [6.07, 6.45) is 0.957. The van der Waals surface area contributed by atoms with Crippen LogP contribution in [0.25, 0.3) is 0 Å². The summed E-state index contributed by atoms with van der Waals surface area (Å²) in [5.74, 6) is 0.879. The van der Waals surface area contributed by atoms with Crippen LogP contribution in [0, 0.1) is 5.41 Å². The Bertz CT molecular complexity index is 861. The fraction of sp³-hybridized carbons (Fsp3) is 0.300. The van der Waals surface area contributed by atoms with Crippen molar-refractivity contribution >= 4 is 23.2 Å². The van der Waals surface area contributed by atoms with Gasteiger partial charge in [-0.1, -0.05) is 12.1 Å². The van der Waals surface area contributed by atoms with E-state index in [-0.39, 0.29) is 11.8 Å². The van der Waals surface area contributed by atoms with E-state index in [1.54, 1.807) is 36.4 Å². The quantitative estimate of drug-likeness (QED) is 0.732. The van der Waals surface area contributed by atoms with E-state index < -0.39 is 5.41 Å². The van der Waals surface area contributed by atoms with Gasteiger partial charge in [-0.25, -0.2) is 0 Å². The second-order valence-corrected chi connectivity index (χ2v) is 6.26. The van der Waals surface area contributed by atoms with E-state index in [0.29, 0.717) is 41.5 Å². The zero-order chi connectivity index (χ0) is 19.4. The van der Waals surface area contributed by atoms with E-state index in [1.165, 1.54) is 21.3 Å². The first-order valence-electron chi connectivity index (χ1n) is 8.52. The number of ether oxygens (including phenoxy) is 3. The first kappa shape index (κ1) is 18.6. The van der Waals surface area contributed by atoms with Gasteiger partial charge in [0.1, 0.15) is 22.7 Å². The van der Waals surface area contributed by atoms with E-state index in [9.17, 15) is 9.59 Å². The van der Waals surface area contributed by atoms with Gasteiger partial charge in [-0.15, -0.1) is 0 Å². The summed E-state index contributed by atoms with van der Waals surface area (Å²) in [6, 6.07) is 12.2. The normalized spacial score (nSPS) is 14.0. The van der Waals surface area contributed by atoms with Crippen molar-refractivity contribution in [1.29, 1.82) is 0 Å². The van der Waals surface area contributed by atoms with Crippen molar-refractivity contribution in [2.45, 2.75) is 12.8 Å². The minimum atomic E-state index is -1.10. The highest BCUT2D eigenvalue weighted by atomic mass is 16.5. The minimum Gasteiger partial charge on any atom is -0.497 e. The molecule has 1 saturated carbocycles. The molecule has 1 aliphatic rings. The number of methoxy groups -OCH3 is 3. The molecule has 3 rings (SSSR count). The average molecular weight is 370 g/mol. The monoisotopic (exact) mass is 370 g/mol. The van der Waals surface area contributed by atoms with Crippen molar-refractivity contribution in [1.82, 2.24) is 0 Å². The Morgan fingerprint density at radius 3 is 2.00 bits per heavy atom. The Kier molecular flexibility index (Phi) is 5.21. The summed E-state index contributed by atoms with van der Waals surface area (Å²) in [4.78, 5) is 25.6. The smallest absolute Gasteiger partial charge is 0.240 e. The maximum absolute atomic E-state index is 12.9. The molecule has 7 nitrogen and oxygen atoms in total. The van der Waals surface area contributed by atoms with E-state index in [4.69, 9.17) is 14.2 Å². The predicted molar refractivity (Wildman–Crippen MR) is 101 cm³/mol. The van der Waals surface area contributed by atoms with Crippen LogP contribution in [0.5, 0.6) is 17.2 Å². The molecule has 0 spiro atoms. The number of carbonyl (C=O) groups is 2. The maximum Gasteiger partial charge on any atom is 0.240 e. The molecular weight excluding hydrogens is 348 g/mol. The Hall–Kier alpha value is -3.22. The maximum atomic E-state index is 12.9. The van der Waals surface area contributed by atoms with Crippen LogP contribution in [-0.2, 0) is 9.59 Å². The molecule has 142 valence electrons. The van der Waals surface area contributed by atoms with E-state index >= 15 is 0 Å². The lowest BCUT2D eigenvalue weighted by Gasteiger charge is -2.18. The van der Waals surface area contributed by atoms with Gasteiger partial charge in [-0.2, -0.15) is 0 Å². The molecule has 0 radical (unpaired) electrons. The highest BCUT2D eigenvalue weighted by Crippen LogP contribution is 2.48. The average Bonchev–Trinajstić information content (AvgIpc) is 3.50. The van der Waals surface area contributed by atoms with Gasteiger partial charge >= 0.3 is 0 Å². The molecule has 2 N–H and O–H groups in total. The molecular formula is C20H22N2O5. The Morgan fingerprint density at radius 1 is 0.815 bits per heavy atom. The van der Waals surface area contributed by atoms with Crippen molar-refractivity contribution in [3.63, 3.8) is 0 Å². The summed E-state index contributed by atoms with van der Waals surface area (Å²) in [7, 11) is 4.58. The molecule has 0 unspecified atom stereocenters. The third-order valence-electron chi connectivity index (χ3n) is 4.63. The van der Waals surface area contributed by atoms with Crippen LogP contribution in [0.4, 0.5) is 11.4 Å². The molecule has 0 heterocycles. The van der Waals surface area contributed by atoms with Gasteiger partial charge in [0.2, 0.25) is 11.8 Å². The third-order valence-corrected chi connectivity index (χ3v) is 4.63. The number of benzene rings is 2. The fourth-order valence-corrected chi connectivity index (χ4v) is 2.83. The molecule has 0 aliphatic heterocycles. The number of carbonyl (C=O) groups excluding carboxylic acids is 2. The largest absolute Gasteiger partial charge is 0.497 e. The molecule has 2 aromatic rings.